The number of imidazole rings is 1. The minimum Gasteiger partial charge on any atom is -0.388 e. The van der Waals surface area contributed by atoms with E-state index in [1.807, 2.05) is 6.92 Å². The zero-order valence-electron chi connectivity index (χ0n) is 16.3. The molecule has 8 heteroatoms. The summed E-state index contributed by atoms with van der Waals surface area (Å²) in [6, 6.07) is 9.03. The topological polar surface area (TPSA) is 59.5 Å². The standard InChI is InChI=1S/C22H20F3N3O2/c1-13-10-14(15-4-2-3-5-16(15)22(23,24)25)11-17-19(13)27-20(26-17)18-12-21(30-28-18)6-8-29-9-7-21/h2-5,10-11H,6-9,12H2,1H3,(H,26,27). The van der Waals surface area contributed by atoms with Gasteiger partial charge in [0.25, 0.3) is 0 Å². The fraction of sp³-hybridized carbons (Fsp3) is 0.364. The number of nitrogens with one attached hydrogen (secondary N) is 1. The number of ether oxygens (including phenoxy) is 1. The van der Waals surface area contributed by atoms with Gasteiger partial charge in [-0.25, -0.2) is 4.98 Å². The molecule has 2 aliphatic heterocycles. The van der Waals surface area contributed by atoms with Gasteiger partial charge in [-0.05, 0) is 41.8 Å². The molecule has 5 rings (SSSR count). The van der Waals surface area contributed by atoms with Crippen molar-refractivity contribution in [1.29, 1.82) is 0 Å². The quantitative estimate of drug-likeness (QED) is 0.623. The summed E-state index contributed by atoms with van der Waals surface area (Å²) in [5.74, 6) is 0.595. The van der Waals surface area contributed by atoms with Crippen LogP contribution in [-0.2, 0) is 15.8 Å². The van der Waals surface area contributed by atoms with E-state index in [1.165, 1.54) is 12.1 Å². The van der Waals surface area contributed by atoms with Crippen LogP contribution in [0.1, 0.15) is 36.2 Å². The van der Waals surface area contributed by atoms with E-state index >= 15 is 0 Å². The predicted octanol–water partition coefficient (Wildman–Crippen LogP) is 5.23. The van der Waals surface area contributed by atoms with E-state index in [9.17, 15) is 13.2 Å². The third kappa shape index (κ3) is 3.25. The number of nitrogens with zero attached hydrogens (tertiary/aromatic N) is 2. The lowest BCUT2D eigenvalue weighted by molar-refractivity contribution is -0.137. The van der Waals surface area contributed by atoms with Gasteiger partial charge in [0, 0.05) is 19.3 Å². The fourth-order valence-corrected chi connectivity index (χ4v) is 4.22. The smallest absolute Gasteiger partial charge is 0.388 e. The van der Waals surface area contributed by atoms with Crippen molar-refractivity contribution in [3.63, 3.8) is 0 Å². The van der Waals surface area contributed by atoms with Gasteiger partial charge in [-0.2, -0.15) is 13.2 Å². The Labute approximate surface area is 170 Å². The van der Waals surface area contributed by atoms with Gasteiger partial charge in [0.05, 0.1) is 29.8 Å². The van der Waals surface area contributed by atoms with E-state index in [-0.39, 0.29) is 11.2 Å². The first-order valence-corrected chi connectivity index (χ1v) is 9.85. The molecule has 0 unspecified atom stereocenters. The van der Waals surface area contributed by atoms with Gasteiger partial charge in [0.15, 0.2) is 5.82 Å². The predicted molar refractivity (Wildman–Crippen MR) is 106 cm³/mol. The maximum atomic E-state index is 13.5. The molecule has 30 heavy (non-hydrogen) atoms. The normalized spacial score (nSPS) is 18.6. The highest BCUT2D eigenvalue weighted by Gasteiger charge is 2.42. The SMILES string of the molecule is Cc1cc(-c2ccccc2C(F)(F)F)cc2nc(C3=NOC4(CCOCC4)C3)[nH]c12. The summed E-state index contributed by atoms with van der Waals surface area (Å²) >= 11 is 0. The van der Waals surface area contributed by atoms with E-state index in [0.717, 1.165) is 35.7 Å². The molecule has 0 radical (unpaired) electrons. The number of H-pyrrole nitrogens is 1. The Morgan fingerprint density at radius 1 is 1.10 bits per heavy atom. The summed E-state index contributed by atoms with van der Waals surface area (Å²) in [4.78, 5) is 13.7. The largest absolute Gasteiger partial charge is 0.417 e. The first kappa shape index (κ1) is 19.1. The highest BCUT2D eigenvalue weighted by atomic mass is 19.4. The summed E-state index contributed by atoms with van der Waals surface area (Å²) in [5.41, 5.74) is 2.57. The average Bonchev–Trinajstić information content (AvgIpc) is 3.33. The fourth-order valence-electron chi connectivity index (χ4n) is 4.22. The van der Waals surface area contributed by atoms with Crippen molar-refractivity contribution in [3.05, 3.63) is 53.3 Å². The van der Waals surface area contributed by atoms with Crippen LogP contribution in [0.25, 0.3) is 22.2 Å². The number of halogens is 3. The van der Waals surface area contributed by atoms with Gasteiger partial charge >= 0.3 is 6.18 Å². The maximum absolute atomic E-state index is 13.5. The lowest BCUT2D eigenvalue weighted by atomic mass is 9.89. The molecular weight excluding hydrogens is 395 g/mol. The first-order valence-electron chi connectivity index (χ1n) is 9.85. The average molecular weight is 415 g/mol. The number of oxime groups is 1. The van der Waals surface area contributed by atoms with Gasteiger partial charge in [0.1, 0.15) is 11.3 Å². The van der Waals surface area contributed by atoms with E-state index < -0.39 is 11.7 Å². The van der Waals surface area contributed by atoms with Gasteiger partial charge in [-0.3, -0.25) is 0 Å². The van der Waals surface area contributed by atoms with Crippen molar-refractivity contribution in [1.82, 2.24) is 9.97 Å². The van der Waals surface area contributed by atoms with Crippen molar-refractivity contribution >= 4 is 16.7 Å². The Kier molecular flexibility index (Phi) is 4.36. The Morgan fingerprint density at radius 3 is 2.63 bits per heavy atom. The molecule has 1 aromatic heterocycles. The van der Waals surface area contributed by atoms with E-state index in [4.69, 9.17) is 9.57 Å². The van der Waals surface area contributed by atoms with Crippen molar-refractivity contribution in [2.75, 3.05) is 13.2 Å². The number of aromatic nitrogens is 2. The van der Waals surface area contributed by atoms with Gasteiger partial charge < -0.3 is 14.6 Å². The maximum Gasteiger partial charge on any atom is 0.417 e. The number of rotatable bonds is 2. The zero-order valence-corrected chi connectivity index (χ0v) is 16.3. The van der Waals surface area contributed by atoms with Crippen molar-refractivity contribution in [3.8, 4) is 11.1 Å². The monoisotopic (exact) mass is 415 g/mol. The summed E-state index contributed by atoms with van der Waals surface area (Å²) in [5, 5.41) is 4.25. The van der Waals surface area contributed by atoms with Crippen molar-refractivity contribution < 1.29 is 22.7 Å². The van der Waals surface area contributed by atoms with Crippen LogP contribution in [0.3, 0.4) is 0 Å². The molecule has 5 nitrogen and oxygen atoms in total. The van der Waals surface area contributed by atoms with Crippen LogP contribution in [0.4, 0.5) is 13.2 Å². The van der Waals surface area contributed by atoms with Gasteiger partial charge in [0.2, 0.25) is 0 Å². The number of hydrogen-bond acceptors (Lipinski definition) is 4. The molecule has 1 fully saturated rings. The molecular formula is C22H20F3N3O2. The lowest BCUT2D eigenvalue weighted by Gasteiger charge is -2.30. The number of alkyl halides is 3. The van der Waals surface area contributed by atoms with Crippen molar-refractivity contribution in [2.45, 2.75) is 38.0 Å². The molecule has 0 saturated carbocycles. The molecule has 2 aliphatic rings. The highest BCUT2D eigenvalue weighted by Crippen LogP contribution is 2.39. The Balaban J connectivity index is 1.52. The Bertz CT molecular complexity index is 1140. The number of aromatic amines is 1. The van der Waals surface area contributed by atoms with Crippen LogP contribution in [-0.4, -0.2) is 34.5 Å². The van der Waals surface area contributed by atoms with Gasteiger partial charge in [-0.15, -0.1) is 0 Å². The number of fused-ring (bicyclic) bond motifs is 1. The Morgan fingerprint density at radius 2 is 1.87 bits per heavy atom. The van der Waals surface area contributed by atoms with Crippen LogP contribution in [0.5, 0.6) is 0 Å². The minimum atomic E-state index is -4.43. The molecule has 0 atom stereocenters. The van der Waals surface area contributed by atoms with Crippen LogP contribution in [0.15, 0.2) is 41.6 Å². The molecule has 1 N–H and O–H groups in total. The molecule has 2 aromatic carbocycles. The first-order chi connectivity index (χ1) is 14.3. The summed E-state index contributed by atoms with van der Waals surface area (Å²) in [6.45, 7) is 3.14. The number of aryl methyl sites for hydroxylation is 1. The minimum absolute atomic E-state index is 0.141. The van der Waals surface area contributed by atoms with Crippen LogP contribution in [0.2, 0.25) is 0 Å². The van der Waals surface area contributed by atoms with Crippen molar-refractivity contribution in [2.24, 2.45) is 5.16 Å². The molecule has 0 amide bonds. The highest BCUT2D eigenvalue weighted by molar-refractivity contribution is 6.01. The summed E-state index contributed by atoms with van der Waals surface area (Å²) in [6.07, 6.45) is -2.24. The van der Waals surface area contributed by atoms with Gasteiger partial charge in [-0.1, -0.05) is 23.4 Å². The lowest BCUT2D eigenvalue weighted by Crippen LogP contribution is -2.36. The molecule has 0 aliphatic carbocycles. The molecule has 3 heterocycles. The van der Waals surface area contributed by atoms with E-state index in [2.05, 4.69) is 15.1 Å². The van der Waals surface area contributed by atoms with Crippen LogP contribution in [0, 0.1) is 6.92 Å². The Hall–Kier alpha value is -2.87. The molecule has 0 bridgehead atoms. The summed E-state index contributed by atoms with van der Waals surface area (Å²) < 4.78 is 45.8. The molecule has 1 saturated heterocycles. The number of benzene rings is 2. The second kappa shape index (κ2) is 6.84. The van der Waals surface area contributed by atoms with Crippen LogP contribution < -0.4 is 0 Å². The second-order valence-corrected chi connectivity index (χ2v) is 7.92. The van der Waals surface area contributed by atoms with E-state index in [0.29, 0.717) is 36.5 Å². The third-order valence-electron chi connectivity index (χ3n) is 5.85. The zero-order chi connectivity index (χ0) is 20.9. The molecule has 1 spiro atoms. The second-order valence-electron chi connectivity index (χ2n) is 7.92. The van der Waals surface area contributed by atoms with Crippen LogP contribution >= 0.6 is 0 Å². The third-order valence-corrected chi connectivity index (χ3v) is 5.85. The number of hydrogen-bond donors (Lipinski definition) is 1. The molecule has 156 valence electrons. The van der Waals surface area contributed by atoms with E-state index in [1.54, 1.807) is 18.2 Å². The molecule has 3 aromatic rings. The summed E-state index contributed by atoms with van der Waals surface area (Å²) in [7, 11) is 0.